The molecule has 0 aliphatic rings. The van der Waals surface area contributed by atoms with Gasteiger partial charge in [-0.3, -0.25) is 0 Å². The molecule has 0 aliphatic carbocycles. The van der Waals surface area contributed by atoms with Gasteiger partial charge in [0, 0.05) is 24.2 Å². The van der Waals surface area contributed by atoms with Crippen molar-refractivity contribution < 1.29 is 0 Å². The number of rotatable bonds is 7. The van der Waals surface area contributed by atoms with Gasteiger partial charge in [0.15, 0.2) is 0 Å². The normalized spacial score (nSPS) is 13.4. The van der Waals surface area contributed by atoms with Crippen molar-refractivity contribution in [3.05, 3.63) is 0 Å². The van der Waals surface area contributed by atoms with Gasteiger partial charge < -0.3 is 5.32 Å². The van der Waals surface area contributed by atoms with E-state index in [1.807, 2.05) is 11.8 Å². The van der Waals surface area contributed by atoms with Crippen LogP contribution in [0, 0.1) is 0 Å². The molecule has 0 fully saturated rings. The van der Waals surface area contributed by atoms with Crippen molar-refractivity contribution in [1.82, 2.24) is 5.32 Å². The number of halogens is 1. The summed E-state index contributed by atoms with van der Waals surface area (Å²) in [6.07, 6.45) is 1.24. The van der Waals surface area contributed by atoms with E-state index in [4.69, 9.17) is 11.6 Å². The van der Waals surface area contributed by atoms with Gasteiger partial charge in [0.25, 0.3) is 0 Å². The van der Waals surface area contributed by atoms with Gasteiger partial charge in [0.1, 0.15) is 0 Å². The lowest BCUT2D eigenvalue weighted by Gasteiger charge is -2.13. The summed E-state index contributed by atoms with van der Waals surface area (Å²) < 4.78 is 0. The number of thioether (sulfide) groups is 1. The lowest BCUT2D eigenvalue weighted by atomic mass is 10.3. The lowest BCUT2D eigenvalue weighted by Crippen LogP contribution is -2.26. The minimum absolute atomic E-state index is 0.716. The fraction of sp³-hybridized carbons (Fsp3) is 1.00. The Balaban J connectivity index is 3.20. The fourth-order valence-electron chi connectivity index (χ4n) is 0.887. The van der Waals surface area contributed by atoms with Gasteiger partial charge in [-0.1, -0.05) is 13.8 Å². The van der Waals surface area contributed by atoms with Gasteiger partial charge in [0.05, 0.1) is 0 Å². The van der Waals surface area contributed by atoms with Crippen LogP contribution in [0.5, 0.6) is 0 Å². The molecule has 0 spiro atoms. The summed E-state index contributed by atoms with van der Waals surface area (Å²) in [6.45, 7) is 6.47. The first-order valence-corrected chi connectivity index (χ1v) is 5.81. The summed E-state index contributed by atoms with van der Waals surface area (Å²) >= 11 is 7.56. The van der Waals surface area contributed by atoms with Crippen molar-refractivity contribution in [1.29, 1.82) is 0 Å². The minimum atomic E-state index is 0.716. The molecule has 1 N–H and O–H groups in total. The molecule has 68 valence electrons. The molecular formula is C8H18ClNS. The van der Waals surface area contributed by atoms with Crippen LogP contribution < -0.4 is 5.32 Å². The number of hydrogen-bond donors (Lipinski definition) is 1. The van der Waals surface area contributed by atoms with Gasteiger partial charge in [-0.15, -0.1) is 11.6 Å². The Hall–Kier alpha value is 0.600. The largest absolute Gasteiger partial charge is 0.314 e. The topological polar surface area (TPSA) is 12.0 Å². The Labute approximate surface area is 79.3 Å². The van der Waals surface area contributed by atoms with E-state index in [2.05, 4.69) is 19.2 Å². The predicted octanol–water partition coefficient (Wildman–Crippen LogP) is 2.35. The smallest absolute Gasteiger partial charge is 0.0348 e. The Bertz CT molecular complexity index is 80.5. The molecule has 0 aromatic rings. The Kier molecular flexibility index (Phi) is 9.17. The van der Waals surface area contributed by atoms with Crippen molar-refractivity contribution in [3.63, 3.8) is 0 Å². The van der Waals surface area contributed by atoms with Crippen molar-refractivity contribution >= 4 is 23.4 Å². The van der Waals surface area contributed by atoms with Crippen LogP contribution in [0.1, 0.15) is 20.3 Å². The Morgan fingerprint density at radius 1 is 1.45 bits per heavy atom. The quantitative estimate of drug-likeness (QED) is 0.495. The van der Waals surface area contributed by atoms with E-state index >= 15 is 0 Å². The van der Waals surface area contributed by atoms with E-state index in [1.165, 1.54) is 12.2 Å². The third kappa shape index (κ3) is 6.98. The summed E-state index contributed by atoms with van der Waals surface area (Å²) in [5, 5.41) is 4.08. The Morgan fingerprint density at radius 2 is 2.18 bits per heavy atom. The second kappa shape index (κ2) is 8.69. The molecule has 0 rings (SSSR count). The number of hydrogen-bond acceptors (Lipinski definition) is 2. The van der Waals surface area contributed by atoms with Crippen molar-refractivity contribution in [2.45, 2.75) is 25.5 Å². The van der Waals surface area contributed by atoms with Gasteiger partial charge in [-0.05, 0) is 12.2 Å². The highest BCUT2D eigenvalue weighted by atomic mass is 35.5. The van der Waals surface area contributed by atoms with Crippen molar-refractivity contribution in [2.75, 3.05) is 24.7 Å². The van der Waals surface area contributed by atoms with E-state index in [9.17, 15) is 0 Å². The Morgan fingerprint density at radius 3 is 2.64 bits per heavy atom. The first-order chi connectivity index (χ1) is 5.35. The predicted molar refractivity (Wildman–Crippen MR) is 55.8 cm³/mol. The summed E-state index contributed by atoms with van der Waals surface area (Å²) in [5.41, 5.74) is 0. The SMILES string of the molecule is CCSC(CC)CNCCCl. The zero-order valence-electron chi connectivity index (χ0n) is 7.40. The molecule has 0 radical (unpaired) electrons. The van der Waals surface area contributed by atoms with E-state index in [0.29, 0.717) is 5.88 Å². The molecule has 0 aromatic carbocycles. The van der Waals surface area contributed by atoms with Crippen molar-refractivity contribution in [2.24, 2.45) is 0 Å². The van der Waals surface area contributed by atoms with Crippen LogP contribution in [-0.2, 0) is 0 Å². The first kappa shape index (κ1) is 11.6. The molecule has 0 saturated carbocycles. The lowest BCUT2D eigenvalue weighted by molar-refractivity contribution is 0.678. The molecule has 1 unspecified atom stereocenters. The van der Waals surface area contributed by atoms with Gasteiger partial charge in [-0.2, -0.15) is 11.8 Å². The van der Waals surface area contributed by atoms with Crippen LogP contribution in [0.3, 0.4) is 0 Å². The summed E-state index contributed by atoms with van der Waals surface area (Å²) in [4.78, 5) is 0. The minimum Gasteiger partial charge on any atom is -0.314 e. The molecule has 0 heterocycles. The zero-order valence-corrected chi connectivity index (χ0v) is 8.97. The number of nitrogens with one attached hydrogen (secondary N) is 1. The van der Waals surface area contributed by atoms with Crippen LogP contribution in [0.15, 0.2) is 0 Å². The average molecular weight is 196 g/mol. The molecule has 0 bridgehead atoms. The second-order valence-electron chi connectivity index (χ2n) is 2.38. The monoisotopic (exact) mass is 195 g/mol. The molecular weight excluding hydrogens is 178 g/mol. The molecule has 3 heteroatoms. The first-order valence-electron chi connectivity index (χ1n) is 4.23. The summed E-state index contributed by atoms with van der Waals surface area (Å²) in [6, 6.07) is 0. The van der Waals surface area contributed by atoms with E-state index < -0.39 is 0 Å². The molecule has 1 atom stereocenters. The molecule has 0 aromatic heterocycles. The standard InChI is InChI=1S/C8H18ClNS/c1-3-8(11-4-2)7-10-6-5-9/h8,10H,3-7H2,1-2H3. The molecule has 1 nitrogen and oxygen atoms in total. The highest BCUT2D eigenvalue weighted by Gasteiger charge is 2.03. The molecule has 0 amide bonds. The second-order valence-corrected chi connectivity index (χ2v) is 4.33. The zero-order chi connectivity index (χ0) is 8.53. The maximum atomic E-state index is 5.54. The molecule has 11 heavy (non-hydrogen) atoms. The third-order valence-electron chi connectivity index (χ3n) is 1.50. The summed E-state index contributed by atoms with van der Waals surface area (Å²) in [7, 11) is 0. The molecule has 0 saturated heterocycles. The van der Waals surface area contributed by atoms with Crippen LogP contribution >= 0.6 is 23.4 Å². The maximum Gasteiger partial charge on any atom is 0.0348 e. The third-order valence-corrected chi connectivity index (χ3v) is 2.99. The van der Waals surface area contributed by atoms with Crippen LogP contribution in [0.4, 0.5) is 0 Å². The van der Waals surface area contributed by atoms with E-state index in [-0.39, 0.29) is 0 Å². The number of alkyl halides is 1. The van der Waals surface area contributed by atoms with Crippen molar-refractivity contribution in [3.8, 4) is 0 Å². The average Bonchev–Trinajstić information content (AvgIpc) is 2.03. The van der Waals surface area contributed by atoms with Crippen LogP contribution in [-0.4, -0.2) is 30.0 Å². The van der Waals surface area contributed by atoms with Gasteiger partial charge in [-0.25, -0.2) is 0 Å². The highest BCUT2D eigenvalue weighted by Crippen LogP contribution is 2.12. The van der Waals surface area contributed by atoms with E-state index in [1.54, 1.807) is 0 Å². The highest BCUT2D eigenvalue weighted by molar-refractivity contribution is 7.99. The summed E-state index contributed by atoms with van der Waals surface area (Å²) in [5.74, 6) is 1.92. The van der Waals surface area contributed by atoms with Gasteiger partial charge in [0.2, 0.25) is 0 Å². The molecule has 0 aliphatic heterocycles. The van der Waals surface area contributed by atoms with Crippen LogP contribution in [0.2, 0.25) is 0 Å². The van der Waals surface area contributed by atoms with Gasteiger partial charge >= 0.3 is 0 Å². The fourth-order valence-corrected chi connectivity index (χ4v) is 1.96. The van der Waals surface area contributed by atoms with Crippen LogP contribution in [0.25, 0.3) is 0 Å². The maximum absolute atomic E-state index is 5.54. The van der Waals surface area contributed by atoms with E-state index in [0.717, 1.165) is 18.3 Å².